The van der Waals surface area contributed by atoms with Gasteiger partial charge in [0.15, 0.2) is 0 Å². The van der Waals surface area contributed by atoms with Crippen LogP contribution in [0.3, 0.4) is 0 Å². The van der Waals surface area contributed by atoms with Crippen molar-refractivity contribution in [2.75, 3.05) is 26.7 Å². The quantitative estimate of drug-likeness (QED) is 0.107. The van der Waals surface area contributed by atoms with Gasteiger partial charge in [0.2, 0.25) is 0 Å². The molecule has 0 nitrogen and oxygen atoms in total. The zero-order valence-electron chi connectivity index (χ0n) is 33.3. The molecule has 0 aliphatic rings. The summed E-state index contributed by atoms with van der Waals surface area (Å²) in [4.78, 5) is 12.0. The molecule has 0 rings (SSSR count). The van der Waals surface area contributed by atoms with Crippen molar-refractivity contribution in [3.05, 3.63) is 0 Å². The van der Waals surface area contributed by atoms with E-state index in [2.05, 4.69) is 137 Å². The summed E-state index contributed by atoms with van der Waals surface area (Å²) in [6.07, 6.45) is 0. The second-order valence-electron chi connectivity index (χ2n) is 11.8. The summed E-state index contributed by atoms with van der Waals surface area (Å²) < 4.78 is 0. The van der Waals surface area contributed by atoms with Crippen molar-refractivity contribution in [1.29, 1.82) is 0 Å². The molecule has 0 heterocycles. The van der Waals surface area contributed by atoms with Gasteiger partial charge in [-0.3, -0.25) is 0 Å². The van der Waals surface area contributed by atoms with Crippen molar-refractivity contribution in [3.63, 3.8) is 0 Å². The predicted molar refractivity (Wildman–Crippen MR) is 236 cm³/mol. The number of rotatable bonds is 16. The summed E-state index contributed by atoms with van der Waals surface area (Å²) in [5.41, 5.74) is 3.92. The van der Waals surface area contributed by atoms with Crippen LogP contribution in [0.5, 0.6) is 0 Å². The van der Waals surface area contributed by atoms with Gasteiger partial charge in [-0.1, -0.05) is 82.0 Å². The predicted octanol–water partition coefficient (Wildman–Crippen LogP) is 14.0. The summed E-state index contributed by atoms with van der Waals surface area (Å²) in [5, 5.41) is 0. The van der Waals surface area contributed by atoms with E-state index in [-0.39, 0.29) is 0 Å². The summed E-state index contributed by atoms with van der Waals surface area (Å²) in [6.45, 7) is 47.4. The van der Waals surface area contributed by atoms with Crippen LogP contribution in [0.2, 0.25) is 62.0 Å². The molecule has 0 aromatic heterocycles. The second kappa shape index (κ2) is 45.7. The molecule has 0 N–H and O–H groups in total. The normalized spacial score (nSPS) is 11.6. The Labute approximate surface area is 313 Å². The van der Waals surface area contributed by atoms with Crippen LogP contribution in [-0.2, 0) is 0 Å². The summed E-state index contributed by atoms with van der Waals surface area (Å²) in [5.74, 6) is 0. The average molecular weight is 928 g/mol. The molecule has 0 amide bonds. The fourth-order valence-electron chi connectivity index (χ4n) is 5.05. The minimum atomic E-state index is -0.843. The first-order valence-electron chi connectivity index (χ1n) is 17.7. The molecule has 0 saturated carbocycles. The van der Waals surface area contributed by atoms with Crippen LogP contribution >= 0.6 is 32.5 Å². The molecule has 0 aliphatic carbocycles. The van der Waals surface area contributed by atoms with Crippen LogP contribution in [0.15, 0.2) is 0 Å². The van der Waals surface area contributed by atoms with Crippen LogP contribution in [0.4, 0.5) is 0 Å². The molecule has 4 radical (unpaired) electrons. The minimum absolute atomic E-state index is 0.312. The van der Waals surface area contributed by atoms with Gasteiger partial charge in [0, 0.05) is 0 Å². The SMILES string of the molecule is CP[Si](PC)(C(C)C)C(C)C.CP[Si](PC)(C(C)C)C(C)C.C[CH2][Ga][CH2]C.C[CH2][Ga][CH2]C.C[CH2][Ga][CH2]C.C[CH2][Ga][CH2]C. The first-order chi connectivity index (χ1) is 19.7. The zero-order valence-corrected chi connectivity index (χ0v) is 49.0. The van der Waals surface area contributed by atoms with Crippen LogP contribution < -0.4 is 0 Å². The monoisotopic (exact) mass is 924 g/mol. The number of hydrogen-bond donors (Lipinski definition) is 0. The standard InChI is InChI=1S/2C8H22P2Si.8C2H5.4Ga/c2*1-7(2)11(9-5,10-6)8(3)4;8*1-2;;;;/h2*7-10H,1-6H3;8*1H2,2H3;;;;. The average Bonchev–Trinajstić information content (AvgIpc) is 2.93. The first kappa shape index (κ1) is 58.9. The molecule has 0 aromatic rings. The maximum absolute atomic E-state index is 2.43. The van der Waals surface area contributed by atoms with Gasteiger partial charge in [0.25, 0.3) is 0 Å². The van der Waals surface area contributed by atoms with Gasteiger partial charge in [-0.25, -0.2) is 0 Å². The Balaban J connectivity index is -0.0000000970. The zero-order chi connectivity index (χ0) is 34.6. The van der Waals surface area contributed by atoms with E-state index in [0.717, 1.165) is 22.2 Å². The van der Waals surface area contributed by atoms with E-state index in [1.54, 1.807) is 0 Å². The van der Waals surface area contributed by atoms with E-state index in [9.17, 15) is 0 Å². The van der Waals surface area contributed by atoms with Crippen molar-refractivity contribution in [2.24, 2.45) is 0 Å². The summed E-state index contributed by atoms with van der Waals surface area (Å²) in [7, 11) is 3.24. The van der Waals surface area contributed by atoms with E-state index < -0.39 is 14.8 Å². The molecule has 4 unspecified atom stereocenters. The van der Waals surface area contributed by atoms with Crippen molar-refractivity contribution < 1.29 is 0 Å². The third-order valence-corrected chi connectivity index (χ3v) is 60.7. The third kappa shape index (κ3) is 36.0. The van der Waals surface area contributed by atoms with Crippen molar-refractivity contribution in [3.8, 4) is 0 Å². The Hall–Kier alpha value is 4.70. The van der Waals surface area contributed by atoms with E-state index in [0.29, 0.717) is 69.6 Å². The van der Waals surface area contributed by atoms with E-state index >= 15 is 0 Å². The van der Waals surface area contributed by atoms with Crippen molar-refractivity contribution in [2.45, 2.75) is 173 Å². The van der Waals surface area contributed by atoms with Gasteiger partial charge >= 0.3 is 165 Å². The van der Waals surface area contributed by atoms with Crippen LogP contribution in [0.1, 0.15) is 111 Å². The molecule has 0 aliphatic heterocycles. The molecule has 0 fully saturated rings. The Morgan fingerprint density at radius 1 is 0.333 bits per heavy atom. The fourth-order valence-corrected chi connectivity index (χ4v) is 37.5. The molecular weight excluding hydrogens is 843 g/mol. The Morgan fingerprint density at radius 2 is 0.452 bits per heavy atom. The molecule has 0 aromatic carbocycles. The Bertz CT molecular complexity index is 374. The first-order valence-corrected chi connectivity index (χ1v) is 45.7. The molecule has 252 valence electrons. The molecule has 0 bridgehead atoms. The van der Waals surface area contributed by atoms with E-state index in [4.69, 9.17) is 0 Å². The maximum atomic E-state index is 2.43. The fraction of sp³-hybridized carbons (Fsp3) is 1.00. The van der Waals surface area contributed by atoms with Gasteiger partial charge in [0.05, 0.1) is 0 Å². The van der Waals surface area contributed by atoms with Gasteiger partial charge in [-0.15, -0.1) is 32.5 Å². The van der Waals surface area contributed by atoms with Gasteiger partial charge < -0.3 is 0 Å². The molecule has 0 saturated heterocycles. The molecule has 0 spiro atoms. The second-order valence-corrected chi connectivity index (χ2v) is 59.4. The topological polar surface area (TPSA) is 0 Å². The molecule has 42 heavy (non-hydrogen) atoms. The van der Waals surface area contributed by atoms with E-state index in [1.165, 1.54) is 72.3 Å². The van der Waals surface area contributed by atoms with Gasteiger partial charge in [0.1, 0.15) is 14.8 Å². The molecule has 10 heteroatoms. The third-order valence-electron chi connectivity index (χ3n) is 7.61. The summed E-state index contributed by atoms with van der Waals surface area (Å²) in [6, 6.07) is 0. The van der Waals surface area contributed by atoms with Crippen LogP contribution in [0, 0.1) is 0 Å². The van der Waals surface area contributed by atoms with Gasteiger partial charge in [-0.05, 0) is 22.2 Å². The van der Waals surface area contributed by atoms with Crippen LogP contribution in [0.25, 0.3) is 0 Å². The summed E-state index contributed by atoms with van der Waals surface area (Å²) >= 11 is 1.25. The van der Waals surface area contributed by atoms with E-state index in [1.807, 2.05) is 0 Å². The molecular formula is C32H84Ga4P4Si2. The van der Waals surface area contributed by atoms with Crippen molar-refractivity contribution >= 4 is 117 Å². The number of hydrogen-bond acceptors (Lipinski definition) is 0. The molecule has 4 atom stereocenters. The van der Waals surface area contributed by atoms with Gasteiger partial charge in [-0.2, -0.15) is 0 Å². The van der Waals surface area contributed by atoms with Crippen LogP contribution in [-0.4, -0.2) is 111 Å². The Morgan fingerprint density at radius 3 is 0.452 bits per heavy atom. The Kier molecular flexibility index (Phi) is 64.1. The van der Waals surface area contributed by atoms with Crippen molar-refractivity contribution in [1.82, 2.24) is 0 Å².